The summed E-state index contributed by atoms with van der Waals surface area (Å²) in [5.41, 5.74) is 0.943. The van der Waals surface area contributed by atoms with Crippen LogP contribution in [0, 0.1) is 12.3 Å². The van der Waals surface area contributed by atoms with Crippen molar-refractivity contribution >= 4 is 5.78 Å². The number of rotatable bonds is 1. The number of aryl methyl sites for hydroxylation is 1. The van der Waals surface area contributed by atoms with Gasteiger partial charge in [0.2, 0.25) is 0 Å². The van der Waals surface area contributed by atoms with E-state index in [1.165, 1.54) is 0 Å². The molecule has 0 saturated carbocycles. The Morgan fingerprint density at radius 1 is 1.29 bits per heavy atom. The van der Waals surface area contributed by atoms with Crippen LogP contribution < -0.4 is 0 Å². The van der Waals surface area contributed by atoms with E-state index in [1.807, 2.05) is 27.7 Å². The molecule has 0 aliphatic heterocycles. The number of phenols is 1. The molecule has 0 aromatic heterocycles. The smallest absolute Gasteiger partial charge is 0.171 e. The largest absolute Gasteiger partial charge is 0.507 e. The van der Waals surface area contributed by atoms with E-state index in [0.717, 1.165) is 5.56 Å². The normalized spacial score (nSPS) is 11.4. The fourth-order valence-corrected chi connectivity index (χ4v) is 1.24. The van der Waals surface area contributed by atoms with Crippen molar-refractivity contribution in [3.05, 3.63) is 29.3 Å². The minimum atomic E-state index is -0.453. The third-order valence-corrected chi connectivity index (χ3v) is 2.08. The first-order valence-electron chi connectivity index (χ1n) is 4.67. The van der Waals surface area contributed by atoms with Crippen molar-refractivity contribution in [2.45, 2.75) is 27.7 Å². The molecule has 0 unspecified atom stereocenters. The Morgan fingerprint density at radius 3 is 2.36 bits per heavy atom. The summed E-state index contributed by atoms with van der Waals surface area (Å²) in [7, 11) is 0. The summed E-state index contributed by atoms with van der Waals surface area (Å²) in [6.07, 6.45) is 0. The number of Topliss-reactive ketones (excluding diaryl/α,β-unsaturated/α-hetero) is 1. The van der Waals surface area contributed by atoms with Gasteiger partial charge in [0.05, 0.1) is 5.56 Å². The van der Waals surface area contributed by atoms with Gasteiger partial charge < -0.3 is 5.11 Å². The van der Waals surface area contributed by atoms with Gasteiger partial charge in [-0.3, -0.25) is 4.79 Å². The monoisotopic (exact) mass is 192 g/mol. The summed E-state index contributed by atoms with van der Waals surface area (Å²) in [6, 6.07) is 5.08. The first kappa shape index (κ1) is 10.8. The standard InChI is InChI=1S/C12H16O2/c1-8-5-6-10(13)9(7-8)11(14)12(2,3)4/h5-7,13H,1-4H3. The molecule has 14 heavy (non-hydrogen) atoms. The fraction of sp³-hybridized carbons (Fsp3) is 0.417. The number of carbonyl (C=O) groups is 1. The molecule has 2 nitrogen and oxygen atoms in total. The lowest BCUT2D eigenvalue weighted by Crippen LogP contribution is -2.20. The van der Waals surface area contributed by atoms with Crippen LogP contribution in [0.3, 0.4) is 0 Å². The van der Waals surface area contributed by atoms with E-state index in [0.29, 0.717) is 5.56 Å². The second-order valence-corrected chi connectivity index (χ2v) is 4.60. The summed E-state index contributed by atoms with van der Waals surface area (Å²) in [5, 5.41) is 9.55. The summed E-state index contributed by atoms with van der Waals surface area (Å²) in [4.78, 5) is 11.9. The first-order valence-corrected chi connectivity index (χ1v) is 4.67. The van der Waals surface area contributed by atoms with Crippen molar-refractivity contribution in [1.82, 2.24) is 0 Å². The fourth-order valence-electron chi connectivity index (χ4n) is 1.24. The van der Waals surface area contributed by atoms with Gasteiger partial charge in [-0.05, 0) is 19.1 Å². The van der Waals surface area contributed by atoms with E-state index in [9.17, 15) is 9.90 Å². The van der Waals surface area contributed by atoms with Gasteiger partial charge in [0.25, 0.3) is 0 Å². The first-order chi connectivity index (χ1) is 6.32. The van der Waals surface area contributed by atoms with Gasteiger partial charge in [0, 0.05) is 5.41 Å². The quantitative estimate of drug-likeness (QED) is 0.694. The Hall–Kier alpha value is -1.31. The average Bonchev–Trinajstić information content (AvgIpc) is 2.06. The van der Waals surface area contributed by atoms with Crippen molar-refractivity contribution in [2.75, 3.05) is 0 Å². The molecule has 1 rings (SSSR count). The Balaban J connectivity index is 3.19. The Bertz CT molecular complexity index is 359. The van der Waals surface area contributed by atoms with Crippen LogP contribution in [0.25, 0.3) is 0 Å². The van der Waals surface area contributed by atoms with Gasteiger partial charge in [-0.2, -0.15) is 0 Å². The molecule has 0 aliphatic rings. The molecule has 0 amide bonds. The molecule has 0 bridgehead atoms. The lowest BCUT2D eigenvalue weighted by molar-refractivity contribution is 0.0855. The second kappa shape index (κ2) is 3.45. The molecule has 1 aromatic rings. The molecule has 0 saturated heterocycles. The Labute approximate surface area is 84.6 Å². The highest BCUT2D eigenvalue weighted by Gasteiger charge is 2.25. The predicted octanol–water partition coefficient (Wildman–Crippen LogP) is 2.93. The number of ketones is 1. The maximum absolute atomic E-state index is 11.9. The number of phenolic OH excluding ortho intramolecular Hbond substituents is 1. The van der Waals surface area contributed by atoms with Crippen LogP contribution in [-0.2, 0) is 0 Å². The lowest BCUT2D eigenvalue weighted by atomic mass is 9.86. The van der Waals surface area contributed by atoms with Crippen LogP contribution in [0.5, 0.6) is 5.75 Å². The number of aromatic hydroxyl groups is 1. The number of carbonyl (C=O) groups excluding carboxylic acids is 1. The maximum atomic E-state index is 11.9. The number of hydrogen-bond donors (Lipinski definition) is 1. The van der Waals surface area contributed by atoms with Crippen LogP contribution in [0.1, 0.15) is 36.7 Å². The number of benzene rings is 1. The molecule has 0 aliphatic carbocycles. The Morgan fingerprint density at radius 2 is 1.86 bits per heavy atom. The average molecular weight is 192 g/mol. The molecule has 0 fully saturated rings. The summed E-state index contributed by atoms with van der Waals surface area (Å²) < 4.78 is 0. The molecule has 2 heteroatoms. The van der Waals surface area contributed by atoms with Crippen molar-refractivity contribution in [2.24, 2.45) is 5.41 Å². The zero-order valence-corrected chi connectivity index (χ0v) is 9.09. The second-order valence-electron chi connectivity index (χ2n) is 4.60. The lowest BCUT2D eigenvalue weighted by Gasteiger charge is -2.17. The molecule has 0 heterocycles. The molecular weight excluding hydrogens is 176 g/mol. The van der Waals surface area contributed by atoms with Crippen molar-refractivity contribution in [3.8, 4) is 5.75 Å². The highest BCUT2D eigenvalue weighted by atomic mass is 16.3. The maximum Gasteiger partial charge on any atom is 0.171 e. The van der Waals surface area contributed by atoms with Crippen LogP contribution in [0.2, 0.25) is 0 Å². The van der Waals surface area contributed by atoms with Gasteiger partial charge in [-0.1, -0.05) is 32.4 Å². The van der Waals surface area contributed by atoms with Gasteiger partial charge in [-0.25, -0.2) is 0 Å². The third kappa shape index (κ3) is 2.13. The van der Waals surface area contributed by atoms with Crippen molar-refractivity contribution in [3.63, 3.8) is 0 Å². The van der Waals surface area contributed by atoms with Gasteiger partial charge >= 0.3 is 0 Å². The molecule has 76 valence electrons. The van der Waals surface area contributed by atoms with Crippen LogP contribution in [-0.4, -0.2) is 10.9 Å². The molecular formula is C12H16O2. The highest BCUT2D eigenvalue weighted by molar-refractivity contribution is 6.02. The van der Waals surface area contributed by atoms with Crippen LogP contribution in [0.4, 0.5) is 0 Å². The van der Waals surface area contributed by atoms with E-state index in [2.05, 4.69) is 0 Å². The minimum absolute atomic E-state index is 0.0290. The topological polar surface area (TPSA) is 37.3 Å². The van der Waals surface area contributed by atoms with E-state index in [-0.39, 0.29) is 11.5 Å². The van der Waals surface area contributed by atoms with Crippen LogP contribution >= 0.6 is 0 Å². The van der Waals surface area contributed by atoms with E-state index in [4.69, 9.17) is 0 Å². The summed E-state index contributed by atoms with van der Waals surface area (Å²) in [5.74, 6) is 0.0363. The molecule has 0 spiro atoms. The van der Waals surface area contributed by atoms with E-state index in [1.54, 1.807) is 18.2 Å². The molecule has 1 N–H and O–H groups in total. The van der Waals surface area contributed by atoms with Crippen molar-refractivity contribution < 1.29 is 9.90 Å². The Kier molecular flexibility index (Phi) is 2.65. The van der Waals surface area contributed by atoms with Gasteiger partial charge in [0.15, 0.2) is 5.78 Å². The summed E-state index contributed by atoms with van der Waals surface area (Å²) in [6.45, 7) is 7.43. The molecule has 1 aromatic carbocycles. The van der Waals surface area contributed by atoms with E-state index < -0.39 is 5.41 Å². The third-order valence-electron chi connectivity index (χ3n) is 2.08. The van der Waals surface area contributed by atoms with Gasteiger partial charge in [-0.15, -0.1) is 0 Å². The van der Waals surface area contributed by atoms with E-state index >= 15 is 0 Å². The van der Waals surface area contributed by atoms with Gasteiger partial charge in [0.1, 0.15) is 5.75 Å². The molecule has 0 atom stereocenters. The SMILES string of the molecule is Cc1ccc(O)c(C(=O)C(C)(C)C)c1. The predicted molar refractivity (Wildman–Crippen MR) is 56.6 cm³/mol. The van der Waals surface area contributed by atoms with Crippen LogP contribution in [0.15, 0.2) is 18.2 Å². The molecule has 0 radical (unpaired) electrons. The highest BCUT2D eigenvalue weighted by Crippen LogP contribution is 2.27. The number of hydrogen-bond acceptors (Lipinski definition) is 2. The van der Waals surface area contributed by atoms with Crippen molar-refractivity contribution in [1.29, 1.82) is 0 Å². The zero-order valence-electron chi connectivity index (χ0n) is 9.09. The zero-order chi connectivity index (χ0) is 10.9. The summed E-state index contributed by atoms with van der Waals surface area (Å²) >= 11 is 0. The minimum Gasteiger partial charge on any atom is -0.507 e.